The number of aromatic nitrogens is 1. The molecular weight excluding hydrogens is 334 g/mol. The molecule has 3 heterocycles. The normalized spacial score (nSPS) is 21.7. The van der Waals surface area contributed by atoms with Gasteiger partial charge in [-0.2, -0.15) is 0 Å². The zero-order valence-corrected chi connectivity index (χ0v) is 15.5. The van der Waals surface area contributed by atoms with Crippen molar-refractivity contribution in [3.63, 3.8) is 0 Å². The summed E-state index contributed by atoms with van der Waals surface area (Å²) in [4.78, 5) is 13.8. The molecule has 2 saturated heterocycles. The summed E-state index contributed by atoms with van der Waals surface area (Å²) in [5.41, 5.74) is 0. The number of hydrogen-bond acceptors (Lipinski definition) is 6. The Hall–Kier alpha value is -1.90. The van der Waals surface area contributed by atoms with Crippen LogP contribution in [0.3, 0.4) is 0 Å². The van der Waals surface area contributed by atoms with E-state index in [4.69, 9.17) is 19.2 Å². The second-order valence-electron chi connectivity index (χ2n) is 6.31. The lowest BCUT2D eigenvalue weighted by Crippen LogP contribution is -2.53. The van der Waals surface area contributed by atoms with Gasteiger partial charge in [0.2, 0.25) is 0 Å². The lowest BCUT2D eigenvalue weighted by Gasteiger charge is -2.37. The highest BCUT2D eigenvalue weighted by Crippen LogP contribution is 2.12. The monoisotopic (exact) mass is 363 g/mol. The van der Waals surface area contributed by atoms with Gasteiger partial charge in [0.15, 0.2) is 5.96 Å². The first-order valence-electron chi connectivity index (χ1n) is 9.24. The molecule has 3 rings (SSSR count). The van der Waals surface area contributed by atoms with E-state index in [1.54, 1.807) is 7.11 Å². The number of pyridine rings is 1. The number of piperazine rings is 1. The molecule has 1 aromatic heterocycles. The van der Waals surface area contributed by atoms with Crippen LogP contribution in [0.25, 0.3) is 0 Å². The molecule has 0 saturated carbocycles. The van der Waals surface area contributed by atoms with Gasteiger partial charge in [0, 0.05) is 46.0 Å². The first-order chi connectivity index (χ1) is 12.9. The van der Waals surface area contributed by atoms with Crippen LogP contribution in [0.1, 0.15) is 0 Å². The number of guanidine groups is 1. The summed E-state index contributed by atoms with van der Waals surface area (Å²) in [6.45, 7) is 7.57. The van der Waals surface area contributed by atoms with Crippen LogP contribution in [0.2, 0.25) is 0 Å². The minimum atomic E-state index is 0.0396. The quantitative estimate of drug-likeness (QED) is 0.440. The predicted octanol–water partition coefficient (Wildman–Crippen LogP) is 0.211. The molecule has 0 radical (unpaired) electrons. The molecule has 1 atom stereocenters. The summed E-state index contributed by atoms with van der Waals surface area (Å²) in [5, 5.41) is 3.40. The number of nitrogens with zero attached hydrogens (tertiary/aromatic N) is 4. The fraction of sp³-hybridized carbons (Fsp3) is 0.667. The minimum absolute atomic E-state index is 0.0396. The van der Waals surface area contributed by atoms with Crippen molar-refractivity contribution in [1.29, 1.82) is 0 Å². The van der Waals surface area contributed by atoms with E-state index in [0.29, 0.717) is 33.0 Å². The van der Waals surface area contributed by atoms with Crippen molar-refractivity contribution in [1.82, 2.24) is 15.2 Å². The molecule has 0 amide bonds. The summed E-state index contributed by atoms with van der Waals surface area (Å²) in [6.07, 6.45) is 1.88. The van der Waals surface area contributed by atoms with Gasteiger partial charge >= 0.3 is 0 Å². The Bertz CT molecular complexity index is 543. The van der Waals surface area contributed by atoms with Crippen LogP contribution in [0.5, 0.6) is 0 Å². The molecule has 26 heavy (non-hydrogen) atoms. The number of methoxy groups -OCH3 is 1. The van der Waals surface area contributed by atoms with Crippen LogP contribution in [-0.4, -0.2) is 94.8 Å². The highest BCUT2D eigenvalue weighted by Gasteiger charge is 2.21. The van der Waals surface area contributed by atoms with Crippen LogP contribution in [0.4, 0.5) is 5.82 Å². The van der Waals surface area contributed by atoms with Crippen molar-refractivity contribution in [2.75, 3.05) is 77.7 Å². The number of ether oxygens (including phenoxy) is 3. The largest absolute Gasteiger partial charge is 0.383 e. The molecule has 8 heteroatoms. The Kier molecular flexibility index (Phi) is 7.48. The van der Waals surface area contributed by atoms with Crippen LogP contribution in [0.15, 0.2) is 29.4 Å². The second kappa shape index (κ2) is 10.3. The van der Waals surface area contributed by atoms with E-state index >= 15 is 0 Å². The van der Waals surface area contributed by atoms with E-state index in [0.717, 1.165) is 44.5 Å². The van der Waals surface area contributed by atoms with Crippen molar-refractivity contribution in [2.45, 2.75) is 6.10 Å². The van der Waals surface area contributed by atoms with E-state index in [1.165, 1.54) is 0 Å². The smallest absolute Gasteiger partial charge is 0.194 e. The average molecular weight is 363 g/mol. The number of rotatable bonds is 6. The van der Waals surface area contributed by atoms with Crippen LogP contribution in [0, 0.1) is 0 Å². The Labute approximate surface area is 155 Å². The molecule has 144 valence electrons. The van der Waals surface area contributed by atoms with Gasteiger partial charge in [0.05, 0.1) is 33.0 Å². The predicted molar refractivity (Wildman–Crippen MR) is 101 cm³/mol. The van der Waals surface area contributed by atoms with Crippen LogP contribution in [-0.2, 0) is 14.2 Å². The molecular formula is C18H29N5O3. The van der Waals surface area contributed by atoms with Crippen molar-refractivity contribution in [3.8, 4) is 0 Å². The van der Waals surface area contributed by atoms with Gasteiger partial charge in [-0.1, -0.05) is 6.07 Å². The maximum absolute atomic E-state index is 5.70. The highest BCUT2D eigenvalue weighted by atomic mass is 16.6. The summed E-state index contributed by atoms with van der Waals surface area (Å²) in [7, 11) is 1.71. The first kappa shape index (κ1) is 18.9. The summed E-state index contributed by atoms with van der Waals surface area (Å²) < 4.78 is 16.3. The third kappa shape index (κ3) is 5.55. The molecule has 2 aliphatic heterocycles. The van der Waals surface area contributed by atoms with E-state index in [2.05, 4.69) is 26.2 Å². The van der Waals surface area contributed by atoms with Crippen molar-refractivity contribution in [3.05, 3.63) is 24.4 Å². The summed E-state index contributed by atoms with van der Waals surface area (Å²) >= 11 is 0. The fourth-order valence-electron chi connectivity index (χ4n) is 3.05. The van der Waals surface area contributed by atoms with E-state index < -0.39 is 0 Å². The lowest BCUT2D eigenvalue weighted by atomic mass is 10.3. The molecule has 2 fully saturated rings. The first-order valence-corrected chi connectivity index (χ1v) is 9.24. The molecule has 0 bridgehead atoms. The Morgan fingerprint density at radius 2 is 2.19 bits per heavy atom. The van der Waals surface area contributed by atoms with Gasteiger partial charge in [-0.15, -0.1) is 0 Å². The van der Waals surface area contributed by atoms with Gasteiger partial charge < -0.3 is 29.3 Å². The van der Waals surface area contributed by atoms with Gasteiger partial charge in [-0.05, 0) is 12.1 Å². The third-order valence-corrected chi connectivity index (χ3v) is 4.47. The van der Waals surface area contributed by atoms with Gasteiger partial charge in [-0.25, -0.2) is 4.98 Å². The highest BCUT2D eigenvalue weighted by molar-refractivity contribution is 5.80. The van der Waals surface area contributed by atoms with Crippen molar-refractivity contribution < 1.29 is 14.2 Å². The van der Waals surface area contributed by atoms with Gasteiger partial charge in [0.1, 0.15) is 11.9 Å². The molecule has 0 aromatic carbocycles. The SMILES string of the molecule is COCCNC(=NC[C@@H]1COCCO1)N1CCN(c2ccccn2)CC1. The molecule has 1 N–H and O–H groups in total. The zero-order chi connectivity index (χ0) is 18.0. The van der Waals surface area contributed by atoms with E-state index in [9.17, 15) is 0 Å². The minimum Gasteiger partial charge on any atom is -0.383 e. The van der Waals surface area contributed by atoms with Crippen molar-refractivity contribution >= 4 is 11.8 Å². The second-order valence-corrected chi connectivity index (χ2v) is 6.31. The standard InChI is InChI=1S/C18H29N5O3/c1-24-11-6-20-18(21-14-16-15-25-12-13-26-16)23-9-7-22(8-10-23)17-4-2-3-5-19-17/h2-5,16H,6-15H2,1H3,(H,20,21)/t16-/m1/s1. The Balaban J connectivity index is 1.55. The van der Waals surface area contributed by atoms with Crippen LogP contribution < -0.4 is 10.2 Å². The molecule has 2 aliphatic rings. The lowest BCUT2D eigenvalue weighted by molar-refractivity contribution is -0.0833. The van der Waals surface area contributed by atoms with Gasteiger partial charge in [-0.3, -0.25) is 4.99 Å². The van der Waals surface area contributed by atoms with E-state index in [1.807, 2.05) is 18.3 Å². The molecule has 8 nitrogen and oxygen atoms in total. The molecule has 0 aliphatic carbocycles. The van der Waals surface area contributed by atoms with E-state index in [-0.39, 0.29) is 6.10 Å². The maximum Gasteiger partial charge on any atom is 0.194 e. The summed E-state index contributed by atoms with van der Waals surface area (Å²) in [6, 6.07) is 6.03. The van der Waals surface area contributed by atoms with Gasteiger partial charge in [0.25, 0.3) is 0 Å². The Morgan fingerprint density at radius 3 is 2.88 bits per heavy atom. The molecule has 0 unspecified atom stereocenters. The number of anilines is 1. The topological polar surface area (TPSA) is 71.5 Å². The number of nitrogens with one attached hydrogen (secondary N) is 1. The molecule has 0 spiro atoms. The Morgan fingerprint density at radius 1 is 1.31 bits per heavy atom. The summed E-state index contributed by atoms with van der Waals surface area (Å²) in [5.74, 6) is 1.95. The fourth-order valence-corrected chi connectivity index (χ4v) is 3.05. The third-order valence-electron chi connectivity index (χ3n) is 4.47. The average Bonchev–Trinajstić information content (AvgIpc) is 2.72. The molecule has 1 aromatic rings. The maximum atomic E-state index is 5.70. The van der Waals surface area contributed by atoms with Crippen LogP contribution >= 0.6 is 0 Å². The number of aliphatic imine (C=N–C) groups is 1. The van der Waals surface area contributed by atoms with Crippen molar-refractivity contribution in [2.24, 2.45) is 4.99 Å². The number of hydrogen-bond donors (Lipinski definition) is 1. The zero-order valence-electron chi connectivity index (χ0n) is 15.5.